The van der Waals surface area contributed by atoms with Crippen LogP contribution in [-0.2, 0) is 14.3 Å². The summed E-state index contributed by atoms with van der Waals surface area (Å²) < 4.78 is 19.3. The quantitative estimate of drug-likeness (QED) is 0.0845. The van der Waals surface area contributed by atoms with Crippen LogP contribution < -0.4 is 4.90 Å². The van der Waals surface area contributed by atoms with E-state index in [-0.39, 0.29) is 56.3 Å². The predicted octanol–water partition coefficient (Wildman–Crippen LogP) is 8.09. The number of hydrogen-bond donors (Lipinski definition) is 0. The van der Waals surface area contributed by atoms with Crippen LogP contribution in [0.2, 0.25) is 5.02 Å². The van der Waals surface area contributed by atoms with Crippen molar-refractivity contribution in [2.45, 2.75) is 23.0 Å². The number of aromatic nitrogens is 1. The number of pyridine rings is 1. The van der Waals surface area contributed by atoms with Crippen molar-refractivity contribution in [1.29, 1.82) is 0 Å². The lowest BCUT2D eigenvalue weighted by Gasteiger charge is -2.28. The number of Topliss-reactive ketones (excluding diaryl/α,β-unsaturated/α-hetero) is 1. The lowest BCUT2D eigenvalue weighted by molar-refractivity contribution is -0.123. The molecule has 46 heavy (non-hydrogen) atoms. The van der Waals surface area contributed by atoms with Gasteiger partial charge in [-0.25, -0.2) is 14.2 Å². The van der Waals surface area contributed by atoms with E-state index in [0.717, 1.165) is 18.6 Å². The van der Waals surface area contributed by atoms with Gasteiger partial charge < -0.3 is 4.74 Å². The van der Waals surface area contributed by atoms with Crippen LogP contribution in [0.5, 0.6) is 0 Å². The largest absolute Gasteiger partial charge is 0.454 e. The number of anilines is 1. The zero-order chi connectivity index (χ0) is 32.6. The summed E-state index contributed by atoms with van der Waals surface area (Å²) >= 11 is 17.4. The highest BCUT2D eigenvalue weighted by atomic mass is 79.9. The van der Waals surface area contributed by atoms with Gasteiger partial charge in [0, 0.05) is 30.6 Å². The zero-order valence-electron chi connectivity index (χ0n) is 24.0. The average Bonchev–Trinajstić information content (AvgIpc) is 3.67. The first-order valence-corrected chi connectivity index (χ1v) is 17.5. The van der Waals surface area contributed by atoms with Crippen molar-refractivity contribution < 1.29 is 28.3 Å². The Morgan fingerprint density at radius 2 is 1.59 bits per heavy atom. The van der Waals surface area contributed by atoms with Crippen molar-refractivity contribution in [2.24, 2.45) is 23.7 Å². The van der Waals surface area contributed by atoms with E-state index < -0.39 is 24.2 Å². The van der Waals surface area contributed by atoms with Gasteiger partial charge in [0.2, 0.25) is 11.8 Å². The summed E-state index contributed by atoms with van der Waals surface area (Å²) in [4.78, 5) is 59.5. The summed E-state index contributed by atoms with van der Waals surface area (Å²) in [5.74, 6) is -2.48. The van der Waals surface area contributed by atoms with Crippen molar-refractivity contribution in [2.75, 3.05) is 11.5 Å². The number of ether oxygens (including phenoxy) is 1. The second-order valence-corrected chi connectivity index (χ2v) is 15.2. The molecule has 2 amide bonds. The minimum atomic E-state index is -0.751. The van der Waals surface area contributed by atoms with Crippen LogP contribution in [-0.4, -0.2) is 44.8 Å². The number of nitrogens with zero attached hydrogens (tertiary/aromatic N) is 2. The molecule has 2 aliphatic carbocycles. The third-order valence-corrected chi connectivity index (χ3v) is 13.9. The molecule has 2 saturated carbocycles. The second kappa shape index (κ2) is 11.9. The molecule has 0 spiro atoms. The van der Waals surface area contributed by atoms with Gasteiger partial charge in [-0.05, 0) is 95.2 Å². The molecule has 7 nitrogen and oxygen atoms in total. The highest BCUT2D eigenvalue weighted by Gasteiger charge is 2.66. The lowest BCUT2D eigenvalue weighted by Crippen LogP contribution is -2.37. The number of halogens is 5. The Bertz CT molecular complexity index is 1940. The summed E-state index contributed by atoms with van der Waals surface area (Å²) in [5.41, 5.74) is 3.01. The van der Waals surface area contributed by atoms with Gasteiger partial charge in [0.25, 0.3) is 0 Å². The molecule has 12 heteroatoms. The smallest absolute Gasteiger partial charge is 0.339 e. The third-order valence-electron chi connectivity index (χ3n) is 9.35. The number of carbonyl (C=O) groups excluding carboxylic acids is 4. The number of ketones is 1. The first-order valence-electron chi connectivity index (χ1n) is 14.5. The molecular formula is C34H23Br3ClFN2O5. The Morgan fingerprint density at radius 1 is 0.978 bits per heavy atom. The van der Waals surface area contributed by atoms with Crippen LogP contribution in [0, 0.1) is 36.4 Å². The minimum absolute atomic E-state index is 0.112. The normalized spacial score (nSPS) is 25.0. The van der Waals surface area contributed by atoms with E-state index >= 15 is 0 Å². The first-order chi connectivity index (χ1) is 22.0. The number of aryl methyl sites for hydroxylation is 1. The topological polar surface area (TPSA) is 93.6 Å². The lowest BCUT2D eigenvalue weighted by atomic mass is 9.81. The monoisotopic (exact) mass is 830 g/mol. The molecule has 1 saturated heterocycles. The molecule has 4 aromatic rings. The molecule has 1 aromatic heterocycles. The molecular weight excluding hydrogens is 811 g/mol. The Labute approximate surface area is 293 Å². The molecule has 3 fully saturated rings. The van der Waals surface area contributed by atoms with Crippen LogP contribution >= 0.6 is 59.4 Å². The fraction of sp³-hybridized carbons (Fsp3) is 0.265. The molecule has 0 N–H and O–H groups in total. The van der Waals surface area contributed by atoms with E-state index in [1.807, 2.05) is 0 Å². The first kappa shape index (κ1) is 31.6. The molecule has 7 rings (SSSR count). The summed E-state index contributed by atoms with van der Waals surface area (Å²) in [6.45, 7) is 1.24. The van der Waals surface area contributed by atoms with Crippen LogP contribution in [0.3, 0.4) is 0 Å². The molecule has 3 aromatic carbocycles. The summed E-state index contributed by atoms with van der Waals surface area (Å²) in [6.07, 6.45) is 0.851. The number of esters is 1. The van der Waals surface area contributed by atoms with Gasteiger partial charge in [-0.3, -0.25) is 19.3 Å². The van der Waals surface area contributed by atoms with E-state index in [0.29, 0.717) is 42.9 Å². The molecule has 6 atom stereocenters. The number of imide groups is 1. The van der Waals surface area contributed by atoms with Gasteiger partial charge in [-0.1, -0.05) is 55.6 Å². The number of amides is 2. The number of carbonyl (C=O) groups is 4. The van der Waals surface area contributed by atoms with Crippen LogP contribution in [0.15, 0.2) is 65.1 Å². The van der Waals surface area contributed by atoms with Crippen molar-refractivity contribution in [1.82, 2.24) is 4.98 Å². The predicted molar refractivity (Wildman–Crippen MR) is 182 cm³/mol. The fourth-order valence-corrected chi connectivity index (χ4v) is 9.63. The summed E-state index contributed by atoms with van der Waals surface area (Å²) in [7, 11) is 0. The average molecular weight is 834 g/mol. The van der Waals surface area contributed by atoms with Crippen molar-refractivity contribution in [3.63, 3.8) is 0 Å². The Kier molecular flexibility index (Phi) is 8.18. The van der Waals surface area contributed by atoms with E-state index in [9.17, 15) is 23.6 Å². The number of rotatable bonds is 6. The maximum absolute atomic E-state index is 13.5. The Hall–Kier alpha value is -2.99. The van der Waals surface area contributed by atoms with E-state index in [1.54, 1.807) is 43.3 Å². The van der Waals surface area contributed by atoms with Crippen LogP contribution in [0.25, 0.3) is 22.2 Å². The maximum atomic E-state index is 13.5. The van der Waals surface area contributed by atoms with Crippen molar-refractivity contribution >= 4 is 99.5 Å². The molecule has 2 bridgehead atoms. The fourth-order valence-electron chi connectivity index (χ4n) is 7.09. The van der Waals surface area contributed by atoms with Gasteiger partial charge in [0.15, 0.2) is 12.4 Å². The highest BCUT2D eigenvalue weighted by molar-refractivity contribution is 9.12. The molecule has 0 radical (unpaired) electrons. The number of hydrogen-bond acceptors (Lipinski definition) is 6. The summed E-state index contributed by atoms with van der Waals surface area (Å²) in [6, 6.07) is 15.1. The molecule has 3 aliphatic rings. The SMILES string of the molecule is Cc1c(Cl)c(Br)cc2c(C(=O)OCC(=O)c3ccc(F)cc3)cc(-c3ccc(N4C(=O)C5C6CC(C(Br)C6Br)C5C4=O)cc3)nc12. The van der Waals surface area contributed by atoms with Crippen molar-refractivity contribution in [3.8, 4) is 11.3 Å². The van der Waals surface area contributed by atoms with E-state index in [1.165, 1.54) is 17.0 Å². The van der Waals surface area contributed by atoms with Gasteiger partial charge in [0.1, 0.15) is 5.82 Å². The van der Waals surface area contributed by atoms with Crippen LogP contribution in [0.1, 0.15) is 32.7 Å². The molecule has 234 valence electrons. The van der Waals surface area contributed by atoms with E-state index in [2.05, 4.69) is 47.8 Å². The van der Waals surface area contributed by atoms with Crippen molar-refractivity contribution in [3.05, 3.63) is 92.7 Å². The molecule has 1 aliphatic heterocycles. The van der Waals surface area contributed by atoms with Gasteiger partial charge in [-0.2, -0.15) is 0 Å². The molecule has 2 heterocycles. The van der Waals surface area contributed by atoms with Crippen LogP contribution in [0.4, 0.5) is 10.1 Å². The van der Waals surface area contributed by atoms with Gasteiger partial charge in [0.05, 0.1) is 39.3 Å². The highest BCUT2D eigenvalue weighted by Crippen LogP contribution is 2.60. The number of fused-ring (bicyclic) bond motifs is 6. The number of alkyl halides is 2. The minimum Gasteiger partial charge on any atom is -0.454 e. The third kappa shape index (κ3) is 5.05. The zero-order valence-corrected chi connectivity index (χ0v) is 29.5. The number of benzene rings is 3. The Balaban J connectivity index is 1.20. The maximum Gasteiger partial charge on any atom is 0.339 e. The van der Waals surface area contributed by atoms with Gasteiger partial charge >= 0.3 is 5.97 Å². The van der Waals surface area contributed by atoms with E-state index in [4.69, 9.17) is 21.3 Å². The molecule has 6 unspecified atom stereocenters. The standard InChI is InChI=1S/C34H23Br3ClFN2O5/c1-14-30(38)23(35)11-19-20(34(45)46-13-25(42)16-2-6-17(39)7-3-16)12-24(40-31(14)19)15-4-8-18(9-5-15)41-32(43)26-21-10-22(27(26)33(41)44)29(37)28(21)36/h2-9,11-12,21-22,26-29H,10,13H2,1H3. The second-order valence-electron chi connectivity index (χ2n) is 11.8. The van der Waals surface area contributed by atoms with Gasteiger partial charge in [-0.15, -0.1) is 0 Å². The summed E-state index contributed by atoms with van der Waals surface area (Å²) in [5, 5.41) is 0.901. The Morgan fingerprint density at radius 3 is 2.20 bits per heavy atom.